The number of hydrogen-bond donors (Lipinski definition) is 0. The SMILES string of the molecule is Fc1c(Cl)cccc1C(Br)c1cc(Br)c(Br)s1. The topological polar surface area (TPSA) is 0 Å². The molecule has 1 heterocycles. The number of thiophene rings is 1. The predicted molar refractivity (Wildman–Crippen MR) is 81.9 cm³/mol. The summed E-state index contributed by atoms with van der Waals surface area (Å²) in [6, 6.07) is 6.96. The summed E-state index contributed by atoms with van der Waals surface area (Å²) in [4.78, 5) is 0.804. The lowest BCUT2D eigenvalue weighted by molar-refractivity contribution is 0.614. The van der Waals surface area contributed by atoms with E-state index >= 15 is 0 Å². The minimum Gasteiger partial charge on any atom is -0.205 e. The molecule has 0 N–H and O–H groups in total. The molecule has 0 amide bonds. The van der Waals surface area contributed by atoms with Gasteiger partial charge in [-0.25, -0.2) is 4.39 Å². The Morgan fingerprint density at radius 1 is 1.29 bits per heavy atom. The van der Waals surface area contributed by atoms with Crippen LogP contribution >= 0.6 is 70.7 Å². The third-order valence-electron chi connectivity index (χ3n) is 2.17. The third-order valence-corrected chi connectivity index (χ3v) is 7.07. The third kappa shape index (κ3) is 2.95. The molecule has 2 aromatic rings. The van der Waals surface area contributed by atoms with Crippen LogP contribution < -0.4 is 0 Å². The molecule has 0 aliphatic heterocycles. The number of alkyl halides is 1. The maximum Gasteiger partial charge on any atom is 0.146 e. The smallest absolute Gasteiger partial charge is 0.146 e. The maximum atomic E-state index is 13.9. The monoisotopic (exact) mass is 460 g/mol. The highest BCUT2D eigenvalue weighted by molar-refractivity contribution is 9.13. The Kier molecular flexibility index (Phi) is 4.69. The van der Waals surface area contributed by atoms with E-state index in [1.54, 1.807) is 29.5 Å². The Balaban J connectivity index is 2.43. The highest BCUT2D eigenvalue weighted by atomic mass is 79.9. The van der Waals surface area contributed by atoms with Gasteiger partial charge in [-0.1, -0.05) is 39.7 Å². The summed E-state index contributed by atoms with van der Waals surface area (Å²) in [6.45, 7) is 0. The van der Waals surface area contributed by atoms with Gasteiger partial charge >= 0.3 is 0 Å². The van der Waals surface area contributed by atoms with Crippen molar-refractivity contribution in [2.24, 2.45) is 0 Å². The minimum atomic E-state index is -0.378. The fourth-order valence-corrected chi connectivity index (χ4v) is 4.39. The highest BCUT2D eigenvalue weighted by Gasteiger charge is 2.19. The molecule has 0 spiro atoms. The Morgan fingerprint density at radius 2 is 2.00 bits per heavy atom. The molecule has 0 saturated heterocycles. The molecule has 0 bridgehead atoms. The fourth-order valence-electron chi connectivity index (χ4n) is 1.36. The number of hydrogen-bond acceptors (Lipinski definition) is 1. The van der Waals surface area contributed by atoms with Crippen LogP contribution in [0.2, 0.25) is 5.02 Å². The molecule has 0 aliphatic carbocycles. The second kappa shape index (κ2) is 5.70. The summed E-state index contributed by atoms with van der Waals surface area (Å²) in [5.74, 6) is -0.378. The summed E-state index contributed by atoms with van der Waals surface area (Å²) in [5, 5.41) is 0.140. The lowest BCUT2D eigenvalue weighted by Crippen LogP contribution is -1.94. The first kappa shape index (κ1) is 14.0. The van der Waals surface area contributed by atoms with Crippen molar-refractivity contribution in [1.82, 2.24) is 0 Å². The van der Waals surface area contributed by atoms with Gasteiger partial charge in [-0.2, -0.15) is 0 Å². The van der Waals surface area contributed by atoms with Gasteiger partial charge in [0.2, 0.25) is 0 Å². The molecule has 17 heavy (non-hydrogen) atoms. The zero-order chi connectivity index (χ0) is 12.6. The van der Waals surface area contributed by atoms with Crippen LogP contribution in [-0.4, -0.2) is 0 Å². The zero-order valence-electron chi connectivity index (χ0n) is 8.18. The second-order valence-electron chi connectivity index (χ2n) is 3.28. The van der Waals surface area contributed by atoms with Crippen LogP contribution in [0.25, 0.3) is 0 Å². The van der Waals surface area contributed by atoms with Gasteiger partial charge in [0.05, 0.1) is 13.6 Å². The molecule has 0 aliphatic rings. The fraction of sp³-hybridized carbons (Fsp3) is 0.0909. The molecule has 0 nitrogen and oxygen atoms in total. The largest absolute Gasteiger partial charge is 0.205 e. The lowest BCUT2D eigenvalue weighted by atomic mass is 10.1. The quantitative estimate of drug-likeness (QED) is 0.443. The molecule has 1 aromatic carbocycles. The van der Waals surface area contributed by atoms with Gasteiger partial charge < -0.3 is 0 Å². The zero-order valence-corrected chi connectivity index (χ0v) is 14.5. The molecule has 0 fully saturated rings. The van der Waals surface area contributed by atoms with Crippen LogP contribution in [0.4, 0.5) is 4.39 Å². The average Bonchev–Trinajstić information content (AvgIpc) is 2.62. The van der Waals surface area contributed by atoms with E-state index in [0.29, 0.717) is 5.56 Å². The summed E-state index contributed by atoms with van der Waals surface area (Å²) in [5.41, 5.74) is 0.541. The van der Waals surface area contributed by atoms with Crippen molar-refractivity contribution in [3.05, 3.63) is 53.8 Å². The van der Waals surface area contributed by atoms with E-state index in [0.717, 1.165) is 13.1 Å². The van der Waals surface area contributed by atoms with E-state index in [-0.39, 0.29) is 15.7 Å². The summed E-state index contributed by atoms with van der Waals surface area (Å²) < 4.78 is 15.8. The molecular weight excluding hydrogens is 458 g/mol. The summed E-state index contributed by atoms with van der Waals surface area (Å²) in [6.07, 6.45) is 0. The predicted octanol–water partition coefficient (Wildman–Crippen LogP) is 6.55. The van der Waals surface area contributed by atoms with Crippen LogP contribution in [0.5, 0.6) is 0 Å². The highest BCUT2D eigenvalue weighted by Crippen LogP contribution is 2.42. The van der Waals surface area contributed by atoms with E-state index in [1.165, 1.54) is 0 Å². The second-order valence-corrected chi connectivity index (χ2v) is 7.85. The van der Waals surface area contributed by atoms with Crippen LogP contribution in [0.1, 0.15) is 15.3 Å². The van der Waals surface area contributed by atoms with E-state index in [2.05, 4.69) is 47.8 Å². The Hall–Kier alpha value is 0.580. The molecule has 90 valence electrons. The number of benzene rings is 1. The van der Waals surface area contributed by atoms with Crippen LogP contribution in [0.15, 0.2) is 32.5 Å². The molecule has 0 radical (unpaired) electrons. The van der Waals surface area contributed by atoms with Gasteiger partial charge in [-0.3, -0.25) is 0 Å². The van der Waals surface area contributed by atoms with Crippen molar-refractivity contribution < 1.29 is 4.39 Å². The Labute approximate surface area is 133 Å². The average molecular weight is 463 g/mol. The van der Waals surface area contributed by atoms with Crippen molar-refractivity contribution in [1.29, 1.82) is 0 Å². The van der Waals surface area contributed by atoms with Gasteiger partial charge in [0, 0.05) is 14.9 Å². The van der Waals surface area contributed by atoms with E-state index < -0.39 is 0 Å². The van der Waals surface area contributed by atoms with E-state index in [1.807, 2.05) is 6.07 Å². The van der Waals surface area contributed by atoms with Crippen LogP contribution in [0, 0.1) is 5.82 Å². The molecule has 1 atom stereocenters. The number of halogens is 5. The molecule has 0 saturated carbocycles. The van der Waals surface area contributed by atoms with E-state index in [4.69, 9.17) is 11.6 Å². The summed E-state index contributed by atoms with van der Waals surface area (Å²) >= 11 is 17.6. The standard InChI is InChI=1S/C11H5Br3ClFS/c12-6-4-8(17-11(6)14)9(13)5-2-1-3-7(15)10(5)16/h1-4,9H. The van der Waals surface area contributed by atoms with Crippen molar-refractivity contribution in [2.45, 2.75) is 4.83 Å². The molecular formula is C11H5Br3ClFS. The van der Waals surface area contributed by atoms with Crippen molar-refractivity contribution in [3.8, 4) is 0 Å². The van der Waals surface area contributed by atoms with Gasteiger partial charge in [0.25, 0.3) is 0 Å². The lowest BCUT2D eigenvalue weighted by Gasteiger charge is -2.09. The van der Waals surface area contributed by atoms with Crippen molar-refractivity contribution in [3.63, 3.8) is 0 Å². The molecule has 6 heteroatoms. The minimum absolute atomic E-state index is 0.140. The first-order valence-electron chi connectivity index (χ1n) is 4.53. The van der Waals surface area contributed by atoms with Crippen LogP contribution in [0.3, 0.4) is 0 Å². The van der Waals surface area contributed by atoms with Crippen molar-refractivity contribution in [2.75, 3.05) is 0 Å². The van der Waals surface area contributed by atoms with Crippen molar-refractivity contribution >= 4 is 70.7 Å². The molecule has 2 rings (SSSR count). The number of rotatable bonds is 2. The van der Waals surface area contributed by atoms with Crippen LogP contribution in [-0.2, 0) is 0 Å². The Bertz CT molecular complexity index is 536. The first-order valence-corrected chi connectivity index (χ1v) is 8.23. The van der Waals surface area contributed by atoms with Gasteiger partial charge in [0.1, 0.15) is 5.82 Å². The maximum absolute atomic E-state index is 13.9. The van der Waals surface area contributed by atoms with Gasteiger partial charge in [-0.05, 0) is 44.0 Å². The summed E-state index contributed by atoms with van der Waals surface area (Å²) in [7, 11) is 0. The first-order chi connectivity index (χ1) is 8.00. The normalized spacial score (nSPS) is 12.8. The molecule has 1 unspecified atom stereocenters. The van der Waals surface area contributed by atoms with Gasteiger partial charge in [-0.15, -0.1) is 11.3 Å². The van der Waals surface area contributed by atoms with E-state index in [9.17, 15) is 4.39 Å². The Morgan fingerprint density at radius 3 is 2.59 bits per heavy atom. The van der Waals surface area contributed by atoms with Gasteiger partial charge in [0.15, 0.2) is 0 Å². The molecule has 1 aromatic heterocycles.